The quantitative estimate of drug-likeness (QED) is 0.835. The smallest absolute Gasteiger partial charge is 0.140 e. The molecule has 16 heavy (non-hydrogen) atoms. The highest BCUT2D eigenvalue weighted by molar-refractivity contribution is 5.61. The first-order chi connectivity index (χ1) is 7.74. The molecule has 2 aromatic rings. The number of nitrogens with two attached hydrogens (primary N) is 1. The highest BCUT2D eigenvalue weighted by atomic mass is 16.5. The summed E-state index contributed by atoms with van der Waals surface area (Å²) in [5.41, 5.74) is 9.11. The Kier molecular flexibility index (Phi) is 1.96. The van der Waals surface area contributed by atoms with E-state index in [1.165, 1.54) is 12.8 Å². The van der Waals surface area contributed by atoms with Gasteiger partial charge in [-0.3, -0.25) is 4.98 Å². The normalized spacial score (nSPS) is 15.3. The third kappa shape index (κ3) is 1.56. The van der Waals surface area contributed by atoms with Gasteiger partial charge in [0.1, 0.15) is 11.5 Å². The lowest BCUT2D eigenvalue weighted by Crippen LogP contribution is -1.92. The van der Waals surface area contributed by atoms with Crippen LogP contribution < -0.4 is 5.73 Å². The van der Waals surface area contributed by atoms with E-state index in [4.69, 9.17) is 10.3 Å². The molecule has 0 atom stereocenters. The molecule has 2 heterocycles. The first-order valence-corrected chi connectivity index (χ1v) is 5.43. The van der Waals surface area contributed by atoms with Crippen LogP contribution in [0.5, 0.6) is 0 Å². The third-order valence-corrected chi connectivity index (χ3v) is 2.92. The second kappa shape index (κ2) is 3.33. The van der Waals surface area contributed by atoms with Crippen LogP contribution in [0.1, 0.15) is 30.1 Å². The molecule has 1 aliphatic rings. The molecule has 0 bridgehead atoms. The molecular formula is C12H13N3O. The summed E-state index contributed by atoms with van der Waals surface area (Å²) in [6.07, 6.45) is 4.17. The molecule has 2 aromatic heterocycles. The molecule has 4 nitrogen and oxygen atoms in total. The van der Waals surface area contributed by atoms with Crippen molar-refractivity contribution in [2.45, 2.75) is 25.7 Å². The van der Waals surface area contributed by atoms with E-state index < -0.39 is 0 Å². The van der Waals surface area contributed by atoms with Crippen molar-refractivity contribution in [2.24, 2.45) is 0 Å². The van der Waals surface area contributed by atoms with Crippen LogP contribution in [0.3, 0.4) is 0 Å². The predicted molar refractivity (Wildman–Crippen MR) is 60.9 cm³/mol. The van der Waals surface area contributed by atoms with Crippen LogP contribution in [0, 0.1) is 6.92 Å². The molecule has 0 amide bonds. The minimum atomic E-state index is 0.573. The molecule has 1 aliphatic carbocycles. The number of nitrogen functional groups attached to an aromatic ring is 1. The van der Waals surface area contributed by atoms with E-state index in [2.05, 4.69) is 10.1 Å². The molecule has 0 unspecified atom stereocenters. The van der Waals surface area contributed by atoms with Gasteiger partial charge < -0.3 is 10.3 Å². The summed E-state index contributed by atoms with van der Waals surface area (Å²) in [6.45, 7) is 1.94. The number of rotatable bonds is 2. The summed E-state index contributed by atoms with van der Waals surface area (Å²) in [6, 6.07) is 3.80. The van der Waals surface area contributed by atoms with E-state index in [0.717, 1.165) is 28.4 Å². The van der Waals surface area contributed by atoms with Crippen molar-refractivity contribution >= 4 is 5.69 Å². The van der Waals surface area contributed by atoms with Gasteiger partial charge in [0.2, 0.25) is 0 Å². The second-order valence-electron chi connectivity index (χ2n) is 4.31. The average molecular weight is 215 g/mol. The van der Waals surface area contributed by atoms with Crippen LogP contribution in [0.15, 0.2) is 22.9 Å². The fourth-order valence-corrected chi connectivity index (χ4v) is 1.65. The number of pyridine rings is 1. The van der Waals surface area contributed by atoms with Crippen molar-refractivity contribution in [3.05, 3.63) is 29.7 Å². The summed E-state index contributed by atoms with van der Waals surface area (Å²) in [4.78, 5) is 4.30. The lowest BCUT2D eigenvalue weighted by Gasteiger charge is -2.00. The maximum atomic E-state index is 5.84. The zero-order valence-electron chi connectivity index (χ0n) is 9.10. The standard InChI is InChI=1S/C12H13N3O/c1-7-6-14-10(4-9(7)13)11-5-12(16-15-11)8-2-3-8/h4-6,8H,2-3H2,1H3,(H2,13,14). The van der Waals surface area contributed by atoms with Gasteiger partial charge in [-0.25, -0.2) is 0 Å². The van der Waals surface area contributed by atoms with Gasteiger partial charge in [-0.2, -0.15) is 0 Å². The predicted octanol–water partition coefficient (Wildman–Crippen LogP) is 2.50. The number of hydrogen-bond donors (Lipinski definition) is 1. The largest absolute Gasteiger partial charge is 0.398 e. The van der Waals surface area contributed by atoms with Crippen molar-refractivity contribution in [1.82, 2.24) is 10.1 Å². The van der Waals surface area contributed by atoms with E-state index in [1.807, 2.05) is 19.1 Å². The van der Waals surface area contributed by atoms with Gasteiger partial charge in [0.05, 0.1) is 5.69 Å². The Bertz CT molecular complexity index is 529. The van der Waals surface area contributed by atoms with Gasteiger partial charge in [-0.15, -0.1) is 0 Å². The second-order valence-corrected chi connectivity index (χ2v) is 4.31. The summed E-state index contributed by atoms with van der Waals surface area (Å²) in [5, 5.41) is 4.03. The van der Waals surface area contributed by atoms with E-state index in [-0.39, 0.29) is 0 Å². The van der Waals surface area contributed by atoms with Gasteiger partial charge in [0.15, 0.2) is 0 Å². The van der Waals surface area contributed by atoms with Crippen LogP contribution in [0.4, 0.5) is 5.69 Å². The topological polar surface area (TPSA) is 64.9 Å². The number of hydrogen-bond acceptors (Lipinski definition) is 4. The van der Waals surface area contributed by atoms with Crippen LogP contribution in [0.2, 0.25) is 0 Å². The maximum absolute atomic E-state index is 5.84. The Labute approximate surface area is 93.5 Å². The zero-order valence-corrected chi connectivity index (χ0v) is 9.10. The average Bonchev–Trinajstić information content (AvgIpc) is 3.01. The van der Waals surface area contributed by atoms with E-state index in [1.54, 1.807) is 6.20 Å². The molecule has 4 heteroatoms. The third-order valence-electron chi connectivity index (χ3n) is 2.92. The monoisotopic (exact) mass is 215 g/mol. The first-order valence-electron chi connectivity index (χ1n) is 5.43. The fourth-order valence-electron chi connectivity index (χ4n) is 1.65. The van der Waals surface area contributed by atoms with Crippen molar-refractivity contribution < 1.29 is 4.52 Å². The van der Waals surface area contributed by atoms with Crippen molar-refractivity contribution in [3.8, 4) is 11.4 Å². The zero-order chi connectivity index (χ0) is 11.1. The molecule has 2 N–H and O–H groups in total. The molecule has 3 rings (SSSR count). The van der Waals surface area contributed by atoms with E-state index >= 15 is 0 Å². The Morgan fingerprint density at radius 3 is 2.81 bits per heavy atom. The summed E-state index contributed by atoms with van der Waals surface area (Å²) >= 11 is 0. The van der Waals surface area contributed by atoms with Gasteiger partial charge >= 0.3 is 0 Å². The number of nitrogens with zero attached hydrogens (tertiary/aromatic N) is 2. The molecule has 1 fully saturated rings. The van der Waals surface area contributed by atoms with Crippen molar-refractivity contribution in [1.29, 1.82) is 0 Å². The van der Waals surface area contributed by atoms with E-state index in [9.17, 15) is 0 Å². The molecule has 1 saturated carbocycles. The summed E-state index contributed by atoms with van der Waals surface area (Å²) < 4.78 is 5.28. The molecule has 82 valence electrons. The lowest BCUT2D eigenvalue weighted by atomic mass is 10.2. The van der Waals surface area contributed by atoms with Crippen LogP contribution >= 0.6 is 0 Å². The minimum Gasteiger partial charge on any atom is -0.398 e. The SMILES string of the molecule is Cc1cnc(-c2cc(C3CC3)on2)cc1N. The Morgan fingerprint density at radius 2 is 2.12 bits per heavy atom. The van der Waals surface area contributed by atoms with Crippen molar-refractivity contribution in [3.63, 3.8) is 0 Å². The highest BCUT2D eigenvalue weighted by Gasteiger charge is 2.28. The maximum Gasteiger partial charge on any atom is 0.140 e. The summed E-state index contributed by atoms with van der Waals surface area (Å²) in [5.74, 6) is 1.54. The number of aryl methyl sites for hydroxylation is 1. The molecule has 0 spiro atoms. The van der Waals surface area contributed by atoms with Crippen LogP contribution in [0.25, 0.3) is 11.4 Å². The number of anilines is 1. The van der Waals surface area contributed by atoms with Gasteiger partial charge in [-0.05, 0) is 31.4 Å². The van der Waals surface area contributed by atoms with Crippen molar-refractivity contribution in [2.75, 3.05) is 5.73 Å². The van der Waals surface area contributed by atoms with Crippen LogP contribution in [-0.4, -0.2) is 10.1 Å². The van der Waals surface area contributed by atoms with Gasteiger partial charge in [0.25, 0.3) is 0 Å². The molecule has 0 aliphatic heterocycles. The summed E-state index contributed by atoms with van der Waals surface area (Å²) in [7, 11) is 0. The highest BCUT2D eigenvalue weighted by Crippen LogP contribution is 2.41. The Morgan fingerprint density at radius 1 is 1.31 bits per heavy atom. The molecule has 0 saturated heterocycles. The van der Waals surface area contributed by atoms with Gasteiger partial charge in [-0.1, -0.05) is 5.16 Å². The Balaban J connectivity index is 1.97. The Hall–Kier alpha value is -1.84. The van der Waals surface area contributed by atoms with Crippen LogP contribution in [-0.2, 0) is 0 Å². The van der Waals surface area contributed by atoms with Gasteiger partial charge in [0, 0.05) is 23.9 Å². The minimum absolute atomic E-state index is 0.573. The molecule has 0 radical (unpaired) electrons. The molecular weight excluding hydrogens is 202 g/mol. The first kappa shape index (κ1) is 9.39. The van der Waals surface area contributed by atoms with E-state index in [0.29, 0.717) is 5.92 Å². The number of aromatic nitrogens is 2. The molecule has 0 aromatic carbocycles. The lowest BCUT2D eigenvalue weighted by molar-refractivity contribution is 0.386. The fraction of sp³-hybridized carbons (Fsp3) is 0.333.